The molecule has 2 amide bonds. The summed E-state index contributed by atoms with van der Waals surface area (Å²) in [4.78, 5) is 32.0. The molecule has 0 unspecified atom stereocenters. The van der Waals surface area contributed by atoms with E-state index >= 15 is 0 Å². The van der Waals surface area contributed by atoms with Crippen LogP contribution >= 0.6 is 0 Å². The van der Waals surface area contributed by atoms with Crippen LogP contribution in [0.3, 0.4) is 0 Å². The summed E-state index contributed by atoms with van der Waals surface area (Å²) in [7, 11) is 2.07. The molecule has 26 heavy (non-hydrogen) atoms. The van der Waals surface area contributed by atoms with Gasteiger partial charge in [-0.1, -0.05) is 18.2 Å². The number of fused-ring (bicyclic) bond motifs is 1. The Kier molecular flexibility index (Phi) is 4.61. The normalized spacial score (nSPS) is 28.4. The number of nitrogens with zero attached hydrogens (tertiary/aromatic N) is 3. The van der Waals surface area contributed by atoms with Crippen LogP contribution in [0, 0.1) is 11.3 Å². The minimum atomic E-state index is -0.429. The van der Waals surface area contributed by atoms with Crippen LogP contribution < -0.4 is 4.74 Å². The maximum absolute atomic E-state index is 13.3. The summed E-state index contributed by atoms with van der Waals surface area (Å²) in [6, 6.07) is 9.39. The first-order valence-corrected chi connectivity index (χ1v) is 9.52. The van der Waals surface area contributed by atoms with Crippen LogP contribution in [0.1, 0.15) is 12.8 Å². The zero-order valence-corrected chi connectivity index (χ0v) is 15.4. The Morgan fingerprint density at radius 1 is 1.08 bits per heavy atom. The lowest BCUT2D eigenvalue weighted by Gasteiger charge is -2.32. The topological polar surface area (TPSA) is 53.1 Å². The molecular formula is C20H27N3O3. The molecule has 0 saturated carbocycles. The molecule has 3 fully saturated rings. The second kappa shape index (κ2) is 6.91. The number of carbonyl (C=O) groups excluding carboxylic acids is 2. The Morgan fingerprint density at radius 2 is 1.81 bits per heavy atom. The second-order valence-corrected chi connectivity index (χ2v) is 7.93. The first-order chi connectivity index (χ1) is 12.6. The average Bonchev–Trinajstić information content (AvgIpc) is 3.34. The predicted octanol–water partition coefficient (Wildman–Crippen LogP) is 1.08. The van der Waals surface area contributed by atoms with Crippen LogP contribution in [0.4, 0.5) is 0 Å². The van der Waals surface area contributed by atoms with Gasteiger partial charge in [-0.05, 0) is 32.0 Å². The van der Waals surface area contributed by atoms with Crippen molar-refractivity contribution in [3.63, 3.8) is 0 Å². The van der Waals surface area contributed by atoms with Crippen molar-refractivity contribution in [1.29, 1.82) is 0 Å². The molecule has 0 aliphatic carbocycles. The number of amides is 2. The highest BCUT2D eigenvalue weighted by atomic mass is 16.5. The quantitative estimate of drug-likeness (QED) is 0.809. The number of hydrogen-bond donors (Lipinski definition) is 0. The van der Waals surface area contributed by atoms with E-state index in [-0.39, 0.29) is 24.3 Å². The van der Waals surface area contributed by atoms with Gasteiger partial charge < -0.3 is 19.4 Å². The molecule has 0 N–H and O–H groups in total. The van der Waals surface area contributed by atoms with Crippen LogP contribution in [-0.2, 0) is 9.59 Å². The van der Waals surface area contributed by atoms with Crippen molar-refractivity contribution in [3.8, 4) is 5.75 Å². The molecule has 2 atom stereocenters. The maximum atomic E-state index is 13.3. The molecule has 3 saturated heterocycles. The zero-order chi connectivity index (χ0) is 18.1. The highest BCUT2D eigenvalue weighted by molar-refractivity contribution is 5.87. The Balaban J connectivity index is 1.44. The molecule has 6 nitrogen and oxygen atoms in total. The first-order valence-electron chi connectivity index (χ1n) is 9.52. The zero-order valence-electron chi connectivity index (χ0n) is 15.4. The number of benzene rings is 1. The van der Waals surface area contributed by atoms with Gasteiger partial charge in [0.1, 0.15) is 5.75 Å². The lowest BCUT2D eigenvalue weighted by atomic mass is 9.79. The van der Waals surface area contributed by atoms with Gasteiger partial charge in [-0.25, -0.2) is 0 Å². The fourth-order valence-electron chi connectivity index (χ4n) is 4.80. The number of hydrogen-bond acceptors (Lipinski definition) is 4. The molecule has 0 radical (unpaired) electrons. The van der Waals surface area contributed by atoms with E-state index in [4.69, 9.17) is 4.74 Å². The third-order valence-corrected chi connectivity index (χ3v) is 6.06. The number of para-hydroxylation sites is 1. The van der Waals surface area contributed by atoms with Crippen LogP contribution in [0.2, 0.25) is 0 Å². The number of rotatable bonds is 4. The fourth-order valence-corrected chi connectivity index (χ4v) is 4.80. The van der Waals surface area contributed by atoms with Gasteiger partial charge in [-0.3, -0.25) is 9.59 Å². The number of carbonyl (C=O) groups is 2. The van der Waals surface area contributed by atoms with Crippen molar-refractivity contribution in [2.45, 2.75) is 12.8 Å². The molecule has 0 bridgehead atoms. The van der Waals surface area contributed by atoms with Gasteiger partial charge in [0, 0.05) is 45.2 Å². The smallest absolute Gasteiger partial charge is 0.260 e. The maximum Gasteiger partial charge on any atom is 0.260 e. The minimum absolute atomic E-state index is 0.0282. The van der Waals surface area contributed by atoms with Gasteiger partial charge in [0.2, 0.25) is 5.91 Å². The molecule has 0 aromatic heterocycles. The Bertz CT molecular complexity index is 674. The molecule has 1 aromatic carbocycles. The van der Waals surface area contributed by atoms with Crippen molar-refractivity contribution in [3.05, 3.63) is 30.3 Å². The van der Waals surface area contributed by atoms with Gasteiger partial charge >= 0.3 is 0 Å². The summed E-state index contributed by atoms with van der Waals surface area (Å²) >= 11 is 0. The Hall–Kier alpha value is -2.08. The summed E-state index contributed by atoms with van der Waals surface area (Å²) in [5, 5.41) is 0. The van der Waals surface area contributed by atoms with Gasteiger partial charge in [0.05, 0.1) is 5.41 Å². The van der Waals surface area contributed by atoms with Crippen LogP contribution in [0.15, 0.2) is 30.3 Å². The molecular weight excluding hydrogens is 330 g/mol. The molecule has 1 aromatic rings. The first kappa shape index (κ1) is 17.3. The van der Waals surface area contributed by atoms with Gasteiger partial charge in [0.25, 0.3) is 5.91 Å². The van der Waals surface area contributed by atoms with Crippen molar-refractivity contribution in [2.75, 3.05) is 52.9 Å². The van der Waals surface area contributed by atoms with E-state index in [9.17, 15) is 9.59 Å². The molecule has 3 heterocycles. The summed E-state index contributed by atoms with van der Waals surface area (Å²) in [5.41, 5.74) is -0.429. The lowest BCUT2D eigenvalue weighted by Crippen LogP contribution is -2.49. The number of likely N-dealkylation sites (tertiary alicyclic amines) is 3. The SMILES string of the molecule is CN1C[C@H]2CN(C(=O)COc3ccccc3)C[C@@]2(C(=O)N2CCCC2)C1. The van der Waals surface area contributed by atoms with Crippen molar-refractivity contribution in [1.82, 2.24) is 14.7 Å². The summed E-state index contributed by atoms with van der Waals surface area (Å²) in [5.74, 6) is 1.15. The van der Waals surface area contributed by atoms with Crippen molar-refractivity contribution in [2.24, 2.45) is 11.3 Å². The average molecular weight is 357 g/mol. The van der Waals surface area contributed by atoms with E-state index in [1.165, 1.54) is 0 Å². The number of ether oxygens (including phenoxy) is 1. The van der Waals surface area contributed by atoms with Crippen LogP contribution in [-0.4, -0.2) is 79.4 Å². The van der Waals surface area contributed by atoms with Gasteiger partial charge in [0.15, 0.2) is 6.61 Å². The predicted molar refractivity (Wildman–Crippen MR) is 97.8 cm³/mol. The fraction of sp³-hybridized carbons (Fsp3) is 0.600. The molecule has 3 aliphatic heterocycles. The van der Waals surface area contributed by atoms with Gasteiger partial charge in [-0.15, -0.1) is 0 Å². The Morgan fingerprint density at radius 3 is 2.54 bits per heavy atom. The monoisotopic (exact) mass is 357 g/mol. The van der Waals surface area contributed by atoms with E-state index in [2.05, 4.69) is 11.9 Å². The lowest BCUT2D eigenvalue weighted by molar-refractivity contribution is -0.141. The van der Waals surface area contributed by atoms with E-state index < -0.39 is 5.41 Å². The largest absolute Gasteiger partial charge is 0.484 e. The summed E-state index contributed by atoms with van der Waals surface area (Å²) in [6.45, 7) is 4.55. The highest BCUT2D eigenvalue weighted by Crippen LogP contribution is 2.44. The molecule has 3 aliphatic rings. The third kappa shape index (κ3) is 3.07. The van der Waals surface area contributed by atoms with E-state index in [0.717, 1.165) is 39.0 Å². The van der Waals surface area contributed by atoms with E-state index in [1.807, 2.05) is 40.1 Å². The summed E-state index contributed by atoms with van der Waals surface area (Å²) < 4.78 is 5.62. The molecule has 0 spiro atoms. The molecule has 6 heteroatoms. The standard InChI is InChI=1S/C20H27N3O3/c1-21-11-16-12-23(18(24)13-26-17-7-3-2-4-8-17)15-20(16,14-21)19(25)22-9-5-6-10-22/h2-4,7-8,16H,5-6,9-15H2,1H3/t16-,20-/m0/s1. The minimum Gasteiger partial charge on any atom is -0.484 e. The molecule has 4 rings (SSSR count). The molecule has 140 valence electrons. The van der Waals surface area contributed by atoms with E-state index in [0.29, 0.717) is 18.8 Å². The van der Waals surface area contributed by atoms with E-state index in [1.54, 1.807) is 0 Å². The third-order valence-electron chi connectivity index (χ3n) is 6.06. The highest BCUT2D eigenvalue weighted by Gasteiger charge is 2.58. The van der Waals surface area contributed by atoms with Crippen molar-refractivity contribution < 1.29 is 14.3 Å². The van der Waals surface area contributed by atoms with Crippen LogP contribution in [0.5, 0.6) is 5.75 Å². The summed E-state index contributed by atoms with van der Waals surface area (Å²) in [6.07, 6.45) is 2.19. The Labute approximate surface area is 154 Å². The van der Waals surface area contributed by atoms with Gasteiger partial charge in [-0.2, -0.15) is 0 Å². The van der Waals surface area contributed by atoms with Crippen LogP contribution in [0.25, 0.3) is 0 Å². The second-order valence-electron chi connectivity index (χ2n) is 7.93. The van der Waals surface area contributed by atoms with Crippen molar-refractivity contribution >= 4 is 11.8 Å².